The predicted molar refractivity (Wildman–Crippen MR) is 59.4 cm³/mol. The highest BCUT2D eigenvalue weighted by molar-refractivity contribution is 6.35. The molecule has 0 atom stereocenters. The Hall–Kier alpha value is -0.440. The van der Waals surface area contributed by atoms with Crippen LogP contribution in [-0.4, -0.2) is 19.3 Å². The fraction of sp³-hybridized carbons (Fsp3) is 0.400. The van der Waals surface area contributed by atoms with Crippen LogP contribution in [0.5, 0.6) is 0 Å². The van der Waals surface area contributed by atoms with E-state index in [4.69, 9.17) is 27.9 Å². The van der Waals surface area contributed by atoms with E-state index in [1.807, 2.05) is 19.1 Å². The second-order valence-electron chi connectivity index (χ2n) is 3.46. The van der Waals surface area contributed by atoms with Crippen molar-refractivity contribution in [1.29, 1.82) is 0 Å². The van der Waals surface area contributed by atoms with Gasteiger partial charge in [-0.2, -0.15) is 0 Å². The molecular formula is C10H11Cl2NO. The fourth-order valence-electron chi connectivity index (χ4n) is 1.30. The molecule has 4 heteroatoms. The largest absolute Gasteiger partial charge is 0.377 e. The van der Waals surface area contributed by atoms with Crippen LogP contribution in [0.2, 0.25) is 10.0 Å². The molecule has 1 aliphatic heterocycles. The predicted octanol–water partition coefficient (Wildman–Crippen LogP) is 3.11. The van der Waals surface area contributed by atoms with Crippen molar-refractivity contribution < 1.29 is 4.74 Å². The lowest BCUT2D eigenvalue weighted by Crippen LogP contribution is -2.40. The van der Waals surface area contributed by atoms with E-state index in [1.54, 1.807) is 0 Å². The van der Waals surface area contributed by atoms with Crippen molar-refractivity contribution >= 4 is 28.9 Å². The van der Waals surface area contributed by atoms with E-state index >= 15 is 0 Å². The van der Waals surface area contributed by atoms with Crippen LogP contribution in [0, 0.1) is 6.92 Å². The van der Waals surface area contributed by atoms with Crippen LogP contribution in [0.25, 0.3) is 0 Å². The Labute approximate surface area is 93.2 Å². The van der Waals surface area contributed by atoms with Crippen LogP contribution in [0.1, 0.15) is 5.56 Å². The van der Waals surface area contributed by atoms with E-state index in [0.717, 1.165) is 29.5 Å². The molecule has 1 aliphatic rings. The van der Waals surface area contributed by atoms with Crippen molar-refractivity contribution in [3.05, 3.63) is 27.7 Å². The topological polar surface area (TPSA) is 21.3 Å². The standard InChI is InChI=1S/C10H11Cl2NO/c1-6-2-9(12)10(3-8(6)11)13-7-4-14-5-7/h2-3,7,13H,4-5H2,1H3. The van der Waals surface area contributed by atoms with Crippen molar-refractivity contribution in [3.63, 3.8) is 0 Å². The lowest BCUT2D eigenvalue weighted by molar-refractivity contribution is 0.0211. The molecule has 1 saturated heterocycles. The zero-order valence-electron chi connectivity index (χ0n) is 7.81. The van der Waals surface area contributed by atoms with Crippen LogP contribution in [-0.2, 0) is 4.74 Å². The average Bonchev–Trinajstić information content (AvgIpc) is 2.06. The molecule has 1 aromatic carbocycles. The molecule has 76 valence electrons. The Kier molecular flexibility index (Phi) is 2.86. The highest BCUT2D eigenvalue weighted by Crippen LogP contribution is 2.29. The highest BCUT2D eigenvalue weighted by Gasteiger charge is 2.19. The first kappa shape index (κ1) is 10.1. The van der Waals surface area contributed by atoms with Gasteiger partial charge in [0.25, 0.3) is 0 Å². The zero-order chi connectivity index (χ0) is 10.1. The molecule has 0 aromatic heterocycles. The molecule has 0 aliphatic carbocycles. The second kappa shape index (κ2) is 3.97. The summed E-state index contributed by atoms with van der Waals surface area (Å²) in [5, 5.41) is 4.71. The first-order valence-corrected chi connectivity index (χ1v) is 5.22. The summed E-state index contributed by atoms with van der Waals surface area (Å²) >= 11 is 12.1. The number of halogens is 2. The van der Waals surface area contributed by atoms with E-state index in [1.165, 1.54) is 0 Å². The van der Waals surface area contributed by atoms with Crippen molar-refractivity contribution in [2.45, 2.75) is 13.0 Å². The lowest BCUT2D eigenvalue weighted by atomic mass is 10.2. The molecule has 14 heavy (non-hydrogen) atoms. The summed E-state index contributed by atoms with van der Waals surface area (Å²) in [6, 6.07) is 4.09. The van der Waals surface area contributed by atoms with Crippen LogP contribution in [0.15, 0.2) is 12.1 Å². The van der Waals surface area contributed by atoms with Crippen LogP contribution >= 0.6 is 23.2 Å². The summed E-state index contributed by atoms with van der Waals surface area (Å²) in [6.07, 6.45) is 0. The Bertz CT molecular complexity index is 350. The van der Waals surface area contributed by atoms with Gasteiger partial charge in [0.05, 0.1) is 30.0 Å². The molecule has 1 aromatic rings. The molecule has 0 radical (unpaired) electrons. The summed E-state index contributed by atoms with van der Waals surface area (Å²) < 4.78 is 5.06. The van der Waals surface area contributed by atoms with Gasteiger partial charge in [0.1, 0.15) is 0 Å². The molecule has 1 fully saturated rings. The molecule has 0 spiro atoms. The highest BCUT2D eigenvalue weighted by atomic mass is 35.5. The van der Waals surface area contributed by atoms with Gasteiger partial charge in [-0.25, -0.2) is 0 Å². The number of anilines is 1. The molecule has 0 amide bonds. The van der Waals surface area contributed by atoms with Gasteiger partial charge in [-0.05, 0) is 24.6 Å². The summed E-state index contributed by atoms with van der Waals surface area (Å²) in [4.78, 5) is 0. The summed E-state index contributed by atoms with van der Waals surface area (Å²) in [5.41, 5.74) is 1.88. The number of rotatable bonds is 2. The third kappa shape index (κ3) is 1.97. The number of aryl methyl sites for hydroxylation is 1. The Balaban J connectivity index is 2.19. The van der Waals surface area contributed by atoms with Gasteiger partial charge in [-0.3, -0.25) is 0 Å². The molecule has 2 nitrogen and oxygen atoms in total. The maximum atomic E-state index is 6.06. The quantitative estimate of drug-likeness (QED) is 0.845. The van der Waals surface area contributed by atoms with Gasteiger partial charge in [-0.15, -0.1) is 0 Å². The molecule has 2 rings (SSSR count). The smallest absolute Gasteiger partial charge is 0.0729 e. The van der Waals surface area contributed by atoms with Crippen molar-refractivity contribution in [2.24, 2.45) is 0 Å². The minimum absolute atomic E-state index is 0.367. The third-order valence-corrected chi connectivity index (χ3v) is 2.97. The number of ether oxygens (including phenoxy) is 1. The van der Waals surface area contributed by atoms with Gasteiger partial charge in [0, 0.05) is 5.02 Å². The van der Waals surface area contributed by atoms with Crippen LogP contribution in [0.3, 0.4) is 0 Å². The summed E-state index contributed by atoms with van der Waals surface area (Å²) in [5.74, 6) is 0. The Morgan fingerprint density at radius 1 is 1.29 bits per heavy atom. The average molecular weight is 232 g/mol. The summed E-state index contributed by atoms with van der Waals surface area (Å²) in [7, 11) is 0. The molecule has 0 unspecified atom stereocenters. The van der Waals surface area contributed by atoms with E-state index in [2.05, 4.69) is 5.32 Å². The van der Waals surface area contributed by atoms with Gasteiger partial charge >= 0.3 is 0 Å². The normalized spacial score (nSPS) is 16.5. The number of hydrogen-bond acceptors (Lipinski definition) is 2. The van der Waals surface area contributed by atoms with Crippen LogP contribution in [0.4, 0.5) is 5.69 Å². The van der Waals surface area contributed by atoms with E-state index in [-0.39, 0.29) is 0 Å². The summed E-state index contributed by atoms with van der Waals surface area (Å²) in [6.45, 7) is 3.41. The first-order chi connectivity index (χ1) is 6.66. The number of benzene rings is 1. The van der Waals surface area contributed by atoms with Gasteiger partial charge < -0.3 is 10.1 Å². The SMILES string of the molecule is Cc1cc(Cl)c(NC2COC2)cc1Cl. The minimum atomic E-state index is 0.367. The van der Waals surface area contributed by atoms with Crippen molar-refractivity contribution in [1.82, 2.24) is 0 Å². The van der Waals surface area contributed by atoms with Crippen LogP contribution < -0.4 is 5.32 Å². The monoisotopic (exact) mass is 231 g/mol. The molecule has 0 bridgehead atoms. The second-order valence-corrected chi connectivity index (χ2v) is 4.27. The minimum Gasteiger partial charge on any atom is -0.377 e. The number of hydrogen-bond donors (Lipinski definition) is 1. The first-order valence-electron chi connectivity index (χ1n) is 4.47. The van der Waals surface area contributed by atoms with E-state index in [9.17, 15) is 0 Å². The van der Waals surface area contributed by atoms with Gasteiger partial charge in [0.15, 0.2) is 0 Å². The zero-order valence-corrected chi connectivity index (χ0v) is 9.32. The van der Waals surface area contributed by atoms with Gasteiger partial charge in [-0.1, -0.05) is 23.2 Å². The Morgan fingerprint density at radius 2 is 2.00 bits per heavy atom. The fourth-order valence-corrected chi connectivity index (χ4v) is 1.73. The lowest BCUT2D eigenvalue weighted by Gasteiger charge is -2.28. The Morgan fingerprint density at radius 3 is 2.57 bits per heavy atom. The number of nitrogens with one attached hydrogen (secondary N) is 1. The molecule has 0 saturated carbocycles. The van der Waals surface area contributed by atoms with Crippen molar-refractivity contribution in [2.75, 3.05) is 18.5 Å². The molecule has 1 heterocycles. The maximum absolute atomic E-state index is 6.06. The van der Waals surface area contributed by atoms with E-state index < -0.39 is 0 Å². The van der Waals surface area contributed by atoms with Crippen molar-refractivity contribution in [3.8, 4) is 0 Å². The van der Waals surface area contributed by atoms with Gasteiger partial charge in [0.2, 0.25) is 0 Å². The molecular weight excluding hydrogens is 221 g/mol. The van der Waals surface area contributed by atoms with E-state index in [0.29, 0.717) is 11.1 Å². The third-order valence-electron chi connectivity index (χ3n) is 2.25. The maximum Gasteiger partial charge on any atom is 0.0729 e. The molecule has 1 N–H and O–H groups in total.